The van der Waals surface area contributed by atoms with E-state index < -0.39 is 0 Å². The number of carbonyl (C=O) groups excluding carboxylic acids is 2. The van der Waals surface area contributed by atoms with Crippen molar-refractivity contribution in [2.75, 3.05) is 13.7 Å². The van der Waals surface area contributed by atoms with Gasteiger partial charge in [-0.25, -0.2) is 4.39 Å². The number of benzene rings is 2. The van der Waals surface area contributed by atoms with Crippen molar-refractivity contribution in [1.29, 1.82) is 0 Å². The average molecular weight is 422 g/mol. The summed E-state index contributed by atoms with van der Waals surface area (Å²) in [6.07, 6.45) is 1.58. The molecule has 5 nitrogen and oxygen atoms in total. The first-order chi connectivity index (χ1) is 13.4. The molecule has 8 heteroatoms. The fraction of sp³-hybridized carbons (Fsp3) is 0.200. The summed E-state index contributed by atoms with van der Waals surface area (Å²) in [6, 6.07) is 9.52. The SMILES string of the molecule is CCN1C(=O)SC(=Cc2cc(Cl)c(OCc3ccccc3F)c(OC)c2)C1=O. The average Bonchev–Trinajstić information content (AvgIpc) is 2.94. The van der Waals surface area contributed by atoms with Crippen molar-refractivity contribution in [3.8, 4) is 11.5 Å². The van der Waals surface area contributed by atoms with E-state index in [2.05, 4.69) is 0 Å². The van der Waals surface area contributed by atoms with E-state index in [0.29, 0.717) is 28.3 Å². The standard InChI is InChI=1S/C20H17ClFNO4S/c1-3-23-19(24)17(28-20(23)25)10-12-8-14(21)18(16(9-12)26-2)27-11-13-6-4-5-7-15(13)22/h4-10H,3,11H2,1-2H3. The van der Waals surface area contributed by atoms with Crippen molar-refractivity contribution in [3.63, 3.8) is 0 Å². The number of thioether (sulfide) groups is 1. The third kappa shape index (κ3) is 4.15. The molecule has 0 saturated carbocycles. The first-order valence-corrected chi connectivity index (χ1v) is 9.63. The normalized spacial score (nSPS) is 15.4. The zero-order valence-electron chi connectivity index (χ0n) is 15.2. The Kier molecular flexibility index (Phi) is 6.26. The number of halogens is 2. The zero-order chi connectivity index (χ0) is 20.3. The second-order valence-electron chi connectivity index (χ2n) is 5.84. The molecule has 0 spiro atoms. The molecule has 1 heterocycles. The monoisotopic (exact) mass is 421 g/mol. The van der Waals surface area contributed by atoms with Crippen LogP contribution in [0.15, 0.2) is 41.3 Å². The second-order valence-corrected chi connectivity index (χ2v) is 7.24. The van der Waals surface area contributed by atoms with Crippen molar-refractivity contribution in [1.82, 2.24) is 4.90 Å². The molecule has 3 rings (SSSR count). The Hall–Kier alpha value is -2.51. The highest BCUT2D eigenvalue weighted by Gasteiger charge is 2.33. The minimum absolute atomic E-state index is 0.0164. The van der Waals surface area contributed by atoms with E-state index in [9.17, 15) is 14.0 Å². The summed E-state index contributed by atoms with van der Waals surface area (Å²) in [4.78, 5) is 25.6. The summed E-state index contributed by atoms with van der Waals surface area (Å²) in [5, 5.41) is -0.0571. The summed E-state index contributed by atoms with van der Waals surface area (Å²) in [5.74, 6) is -0.107. The van der Waals surface area contributed by atoms with Gasteiger partial charge in [0.2, 0.25) is 0 Å². The van der Waals surface area contributed by atoms with Gasteiger partial charge in [-0.15, -0.1) is 0 Å². The fourth-order valence-corrected chi connectivity index (χ4v) is 3.83. The molecule has 0 atom stereocenters. The van der Waals surface area contributed by atoms with Crippen LogP contribution in [0.4, 0.5) is 9.18 Å². The van der Waals surface area contributed by atoms with E-state index in [1.165, 1.54) is 18.1 Å². The molecule has 1 aliphatic heterocycles. The predicted molar refractivity (Wildman–Crippen MR) is 107 cm³/mol. The number of amides is 2. The van der Waals surface area contributed by atoms with Crippen LogP contribution in [0.25, 0.3) is 6.08 Å². The molecule has 0 N–H and O–H groups in total. The molecule has 146 valence electrons. The third-order valence-corrected chi connectivity index (χ3v) is 5.26. The predicted octanol–water partition coefficient (Wildman–Crippen LogP) is 5.12. The highest BCUT2D eigenvalue weighted by Crippen LogP contribution is 2.39. The number of ether oxygens (including phenoxy) is 2. The van der Waals surface area contributed by atoms with Crippen molar-refractivity contribution in [2.24, 2.45) is 0 Å². The van der Waals surface area contributed by atoms with Crippen molar-refractivity contribution >= 4 is 40.6 Å². The van der Waals surface area contributed by atoms with Gasteiger partial charge >= 0.3 is 0 Å². The molecule has 0 radical (unpaired) electrons. The Bertz CT molecular complexity index is 963. The van der Waals surface area contributed by atoms with Crippen LogP contribution < -0.4 is 9.47 Å². The fourth-order valence-electron chi connectivity index (χ4n) is 2.65. The lowest BCUT2D eigenvalue weighted by molar-refractivity contribution is -0.122. The Morgan fingerprint density at radius 1 is 1.25 bits per heavy atom. The maximum atomic E-state index is 13.8. The Morgan fingerprint density at radius 2 is 2.00 bits per heavy atom. The number of imide groups is 1. The maximum Gasteiger partial charge on any atom is 0.293 e. The molecule has 1 aliphatic rings. The van der Waals surface area contributed by atoms with E-state index in [4.69, 9.17) is 21.1 Å². The molecule has 0 unspecified atom stereocenters. The highest BCUT2D eigenvalue weighted by molar-refractivity contribution is 8.18. The van der Waals surface area contributed by atoms with E-state index in [1.54, 1.807) is 43.3 Å². The highest BCUT2D eigenvalue weighted by atomic mass is 35.5. The van der Waals surface area contributed by atoms with E-state index in [0.717, 1.165) is 11.8 Å². The second kappa shape index (κ2) is 8.67. The van der Waals surface area contributed by atoms with Gasteiger partial charge in [0, 0.05) is 12.1 Å². The summed E-state index contributed by atoms with van der Waals surface area (Å²) < 4.78 is 24.8. The number of hydrogen-bond acceptors (Lipinski definition) is 5. The van der Waals surface area contributed by atoms with Crippen LogP contribution >= 0.6 is 23.4 Å². The number of rotatable bonds is 6. The Labute approximate surface area is 171 Å². The third-order valence-electron chi connectivity index (χ3n) is 4.07. The van der Waals surface area contributed by atoms with Gasteiger partial charge in [0.05, 0.1) is 17.0 Å². The van der Waals surface area contributed by atoms with Crippen molar-refractivity contribution < 1.29 is 23.5 Å². The molecule has 1 fully saturated rings. The molecular formula is C20H17ClFNO4S. The topological polar surface area (TPSA) is 55.8 Å². The van der Waals surface area contributed by atoms with Gasteiger partial charge in [-0.05, 0) is 48.5 Å². The van der Waals surface area contributed by atoms with Crippen LogP contribution in [0.5, 0.6) is 11.5 Å². The molecule has 0 aromatic heterocycles. The van der Waals surface area contributed by atoms with Crippen LogP contribution in [-0.2, 0) is 11.4 Å². The smallest absolute Gasteiger partial charge is 0.293 e. The van der Waals surface area contributed by atoms with Gasteiger partial charge in [-0.1, -0.05) is 29.8 Å². The van der Waals surface area contributed by atoms with Crippen molar-refractivity contribution in [2.45, 2.75) is 13.5 Å². The number of nitrogens with zero attached hydrogens (tertiary/aromatic N) is 1. The van der Waals surface area contributed by atoms with Gasteiger partial charge in [-0.3, -0.25) is 14.5 Å². The molecular weight excluding hydrogens is 405 g/mol. The number of hydrogen-bond donors (Lipinski definition) is 0. The van der Waals surface area contributed by atoms with Gasteiger partial charge < -0.3 is 9.47 Å². The van der Waals surface area contributed by atoms with E-state index >= 15 is 0 Å². The Balaban J connectivity index is 1.86. The molecule has 1 saturated heterocycles. The lowest BCUT2D eigenvalue weighted by Crippen LogP contribution is -2.27. The Morgan fingerprint density at radius 3 is 2.64 bits per heavy atom. The summed E-state index contributed by atoms with van der Waals surface area (Å²) in [5.41, 5.74) is 0.972. The molecule has 28 heavy (non-hydrogen) atoms. The number of methoxy groups -OCH3 is 1. The largest absolute Gasteiger partial charge is 0.493 e. The first kappa shape index (κ1) is 20.2. The molecule has 0 bridgehead atoms. The lowest BCUT2D eigenvalue weighted by Gasteiger charge is -2.14. The maximum absolute atomic E-state index is 13.8. The van der Waals surface area contributed by atoms with Crippen LogP contribution in [0.2, 0.25) is 5.02 Å². The summed E-state index contributed by atoms with van der Waals surface area (Å²) in [6.45, 7) is 2.04. The van der Waals surface area contributed by atoms with Crippen LogP contribution in [0.3, 0.4) is 0 Å². The number of carbonyl (C=O) groups is 2. The first-order valence-electron chi connectivity index (χ1n) is 8.43. The summed E-state index contributed by atoms with van der Waals surface area (Å²) >= 11 is 7.20. The van der Waals surface area contributed by atoms with Gasteiger partial charge in [0.1, 0.15) is 12.4 Å². The van der Waals surface area contributed by atoms with E-state index in [1.807, 2.05) is 0 Å². The minimum atomic E-state index is -0.374. The quantitative estimate of drug-likeness (QED) is 0.606. The van der Waals surface area contributed by atoms with Gasteiger partial charge in [0.15, 0.2) is 11.5 Å². The van der Waals surface area contributed by atoms with Gasteiger partial charge in [0.25, 0.3) is 11.1 Å². The van der Waals surface area contributed by atoms with Crippen LogP contribution in [0, 0.1) is 5.82 Å². The van der Waals surface area contributed by atoms with Gasteiger partial charge in [-0.2, -0.15) is 0 Å². The molecule has 2 aromatic rings. The summed E-state index contributed by atoms with van der Waals surface area (Å²) in [7, 11) is 1.45. The number of likely N-dealkylation sites (N-methyl/N-ethyl adjacent to an activating group) is 1. The lowest BCUT2D eigenvalue weighted by atomic mass is 10.1. The zero-order valence-corrected chi connectivity index (χ0v) is 16.8. The van der Waals surface area contributed by atoms with Crippen LogP contribution in [0.1, 0.15) is 18.1 Å². The van der Waals surface area contributed by atoms with Crippen molar-refractivity contribution in [3.05, 3.63) is 63.3 Å². The molecule has 2 amide bonds. The van der Waals surface area contributed by atoms with E-state index in [-0.39, 0.29) is 34.3 Å². The molecule has 2 aromatic carbocycles. The molecule has 0 aliphatic carbocycles. The minimum Gasteiger partial charge on any atom is -0.493 e. The van der Waals surface area contributed by atoms with Crippen LogP contribution in [-0.4, -0.2) is 29.7 Å².